The van der Waals surface area contributed by atoms with Gasteiger partial charge in [-0.2, -0.15) is 5.10 Å². The van der Waals surface area contributed by atoms with Crippen molar-refractivity contribution in [1.82, 2.24) is 9.78 Å². The first kappa shape index (κ1) is 21.9. The zero-order valence-corrected chi connectivity index (χ0v) is 17.7. The van der Waals surface area contributed by atoms with Crippen LogP contribution < -0.4 is 10.9 Å². The van der Waals surface area contributed by atoms with Gasteiger partial charge in [-0.05, 0) is 24.3 Å². The van der Waals surface area contributed by atoms with Crippen LogP contribution in [-0.2, 0) is 11.3 Å². The van der Waals surface area contributed by atoms with Crippen LogP contribution in [0.25, 0.3) is 10.8 Å². The fraction of sp³-hybridized carbons (Fsp3) is 0.0417. The van der Waals surface area contributed by atoms with Gasteiger partial charge in [0.25, 0.3) is 5.56 Å². The van der Waals surface area contributed by atoms with Crippen molar-refractivity contribution in [2.45, 2.75) is 6.54 Å². The maximum atomic E-state index is 12.9. The molecule has 33 heavy (non-hydrogen) atoms. The Hall–Kier alpha value is -4.30. The van der Waals surface area contributed by atoms with Crippen LogP contribution in [0.2, 0.25) is 5.02 Å². The maximum Gasteiger partial charge on any atom is 0.357 e. The van der Waals surface area contributed by atoms with E-state index in [1.165, 1.54) is 30.3 Å². The standard InChI is InChI=1S/C24H16ClN3O5/c25-15-10-11-19(18(12-15)22(30)14-6-2-1-3-7-14)26-20(29)13-28-23(31)17-9-5-4-8-16(17)21(27-28)24(32)33/h1-12H,13H2,(H,26,29)(H,32,33). The van der Waals surface area contributed by atoms with E-state index in [-0.39, 0.29) is 33.5 Å². The van der Waals surface area contributed by atoms with Crippen molar-refractivity contribution in [2.24, 2.45) is 0 Å². The number of carbonyl (C=O) groups is 3. The molecule has 8 nitrogen and oxygen atoms in total. The van der Waals surface area contributed by atoms with Gasteiger partial charge >= 0.3 is 5.97 Å². The van der Waals surface area contributed by atoms with Crippen molar-refractivity contribution in [3.8, 4) is 0 Å². The fourth-order valence-electron chi connectivity index (χ4n) is 3.38. The molecule has 1 aromatic heterocycles. The number of amides is 1. The Kier molecular flexibility index (Phi) is 6.01. The van der Waals surface area contributed by atoms with Crippen LogP contribution >= 0.6 is 11.6 Å². The van der Waals surface area contributed by atoms with Gasteiger partial charge in [0.1, 0.15) is 6.54 Å². The van der Waals surface area contributed by atoms with Gasteiger partial charge < -0.3 is 10.4 Å². The van der Waals surface area contributed by atoms with Crippen molar-refractivity contribution < 1.29 is 19.5 Å². The third-order valence-electron chi connectivity index (χ3n) is 4.90. The number of aromatic carboxylic acids is 1. The molecule has 0 unspecified atom stereocenters. The molecular weight excluding hydrogens is 446 g/mol. The molecule has 0 aliphatic carbocycles. The van der Waals surface area contributed by atoms with Gasteiger partial charge in [0.2, 0.25) is 5.91 Å². The number of rotatable bonds is 6. The number of nitrogens with zero attached hydrogens (tertiary/aromatic N) is 2. The number of benzene rings is 3. The highest BCUT2D eigenvalue weighted by atomic mass is 35.5. The van der Waals surface area contributed by atoms with E-state index in [0.717, 1.165) is 4.68 Å². The highest BCUT2D eigenvalue weighted by molar-refractivity contribution is 6.31. The number of carbonyl (C=O) groups excluding carboxylic acids is 2. The number of fused-ring (bicyclic) bond motifs is 1. The Morgan fingerprint density at radius 1 is 0.939 bits per heavy atom. The fourth-order valence-corrected chi connectivity index (χ4v) is 3.56. The van der Waals surface area contributed by atoms with E-state index >= 15 is 0 Å². The van der Waals surface area contributed by atoms with Gasteiger partial charge in [0, 0.05) is 21.5 Å². The molecular formula is C24H16ClN3O5. The maximum absolute atomic E-state index is 12.9. The number of halogens is 1. The predicted molar refractivity (Wildman–Crippen MR) is 123 cm³/mol. The quantitative estimate of drug-likeness (QED) is 0.423. The topological polar surface area (TPSA) is 118 Å². The van der Waals surface area contributed by atoms with Crippen molar-refractivity contribution in [3.05, 3.63) is 105 Å². The second-order valence-electron chi connectivity index (χ2n) is 7.10. The Bertz CT molecular complexity index is 1460. The van der Waals surface area contributed by atoms with Crippen LogP contribution in [0.5, 0.6) is 0 Å². The lowest BCUT2D eigenvalue weighted by Gasteiger charge is -2.12. The third kappa shape index (κ3) is 4.51. The van der Waals surface area contributed by atoms with Gasteiger partial charge in [-0.1, -0.05) is 60.1 Å². The molecule has 0 aliphatic heterocycles. The molecule has 4 aromatic rings. The van der Waals surface area contributed by atoms with E-state index in [1.54, 1.807) is 42.5 Å². The third-order valence-corrected chi connectivity index (χ3v) is 5.14. The van der Waals surface area contributed by atoms with Crippen molar-refractivity contribution in [3.63, 3.8) is 0 Å². The smallest absolute Gasteiger partial charge is 0.357 e. The Balaban J connectivity index is 1.66. The lowest BCUT2D eigenvalue weighted by Crippen LogP contribution is -2.31. The molecule has 9 heteroatoms. The second-order valence-corrected chi connectivity index (χ2v) is 7.53. The molecule has 0 fully saturated rings. The Morgan fingerprint density at radius 3 is 2.30 bits per heavy atom. The molecule has 1 heterocycles. The number of nitrogens with one attached hydrogen (secondary N) is 1. The van der Waals surface area contributed by atoms with Crippen LogP contribution in [0.3, 0.4) is 0 Å². The largest absolute Gasteiger partial charge is 0.476 e. The SMILES string of the molecule is O=C(Cn1nc(C(=O)O)c2ccccc2c1=O)Nc1ccc(Cl)cc1C(=O)c1ccccc1. The highest BCUT2D eigenvalue weighted by Crippen LogP contribution is 2.24. The minimum absolute atomic E-state index is 0.129. The van der Waals surface area contributed by atoms with E-state index in [4.69, 9.17) is 11.6 Å². The Morgan fingerprint density at radius 2 is 1.61 bits per heavy atom. The molecule has 0 radical (unpaired) electrons. The summed E-state index contributed by atoms with van der Waals surface area (Å²) in [6, 6.07) is 19.1. The van der Waals surface area contributed by atoms with E-state index in [0.29, 0.717) is 10.6 Å². The molecule has 2 N–H and O–H groups in total. The number of carboxylic acids is 1. The second kappa shape index (κ2) is 9.05. The molecule has 3 aromatic carbocycles. The number of carboxylic acid groups (broad SMARTS) is 1. The lowest BCUT2D eigenvalue weighted by molar-refractivity contribution is -0.117. The summed E-state index contributed by atoms with van der Waals surface area (Å²) >= 11 is 6.06. The number of ketones is 1. The number of anilines is 1. The summed E-state index contributed by atoms with van der Waals surface area (Å²) < 4.78 is 0.787. The summed E-state index contributed by atoms with van der Waals surface area (Å²) in [5, 5.41) is 16.5. The number of hydrogen-bond acceptors (Lipinski definition) is 5. The van der Waals surface area contributed by atoms with Crippen molar-refractivity contribution in [2.75, 3.05) is 5.32 Å². The highest BCUT2D eigenvalue weighted by Gasteiger charge is 2.19. The molecule has 0 saturated carbocycles. The van der Waals surface area contributed by atoms with Gasteiger partial charge in [-0.3, -0.25) is 14.4 Å². The van der Waals surface area contributed by atoms with Crippen LogP contribution in [0.15, 0.2) is 77.6 Å². The van der Waals surface area contributed by atoms with E-state index in [1.807, 2.05) is 0 Å². The van der Waals surface area contributed by atoms with E-state index in [9.17, 15) is 24.3 Å². The van der Waals surface area contributed by atoms with E-state index < -0.39 is 24.0 Å². The molecule has 0 atom stereocenters. The number of aromatic nitrogens is 2. The normalized spacial score (nSPS) is 10.7. The van der Waals surface area contributed by atoms with Gasteiger partial charge in [-0.15, -0.1) is 0 Å². The lowest BCUT2D eigenvalue weighted by atomic mass is 10.0. The Labute approximate surface area is 192 Å². The van der Waals surface area contributed by atoms with Crippen LogP contribution in [-0.4, -0.2) is 32.5 Å². The molecule has 1 amide bonds. The minimum Gasteiger partial charge on any atom is -0.476 e. The van der Waals surface area contributed by atoms with Crippen molar-refractivity contribution >= 4 is 45.7 Å². The molecule has 0 spiro atoms. The molecule has 164 valence electrons. The molecule has 4 rings (SSSR count). The summed E-state index contributed by atoms with van der Waals surface area (Å²) in [5.41, 5.74) is -0.168. The van der Waals surface area contributed by atoms with Gasteiger partial charge in [0.05, 0.1) is 11.1 Å². The van der Waals surface area contributed by atoms with Gasteiger partial charge in [-0.25, -0.2) is 9.48 Å². The summed E-state index contributed by atoms with van der Waals surface area (Å²) in [6.07, 6.45) is 0. The van der Waals surface area contributed by atoms with Crippen LogP contribution in [0.4, 0.5) is 5.69 Å². The summed E-state index contributed by atoms with van der Waals surface area (Å²) in [6.45, 7) is -0.550. The summed E-state index contributed by atoms with van der Waals surface area (Å²) in [5.74, 6) is -2.34. The number of hydrogen-bond donors (Lipinski definition) is 2. The van der Waals surface area contributed by atoms with Crippen LogP contribution in [0.1, 0.15) is 26.4 Å². The predicted octanol–water partition coefficient (Wildman–Crippen LogP) is 3.62. The first-order valence-corrected chi connectivity index (χ1v) is 10.2. The first-order chi connectivity index (χ1) is 15.8. The zero-order valence-electron chi connectivity index (χ0n) is 17.0. The van der Waals surface area contributed by atoms with Gasteiger partial charge in [0.15, 0.2) is 11.5 Å². The van der Waals surface area contributed by atoms with Crippen LogP contribution in [0, 0.1) is 0 Å². The molecule has 0 aliphatic rings. The minimum atomic E-state index is -1.33. The first-order valence-electron chi connectivity index (χ1n) is 9.77. The molecule has 0 bridgehead atoms. The zero-order chi connectivity index (χ0) is 23.5. The van der Waals surface area contributed by atoms with Crippen molar-refractivity contribution in [1.29, 1.82) is 0 Å². The average molecular weight is 462 g/mol. The summed E-state index contributed by atoms with van der Waals surface area (Å²) in [7, 11) is 0. The molecule has 0 saturated heterocycles. The monoisotopic (exact) mass is 461 g/mol. The van der Waals surface area contributed by atoms with E-state index in [2.05, 4.69) is 10.4 Å². The average Bonchev–Trinajstić information content (AvgIpc) is 2.82. The summed E-state index contributed by atoms with van der Waals surface area (Å²) in [4.78, 5) is 50.0.